The average Bonchev–Trinajstić information content (AvgIpc) is 3.59. The van der Waals surface area contributed by atoms with Crippen molar-refractivity contribution in [2.24, 2.45) is 0 Å². The Labute approximate surface area is 210 Å². The maximum absolute atomic E-state index is 13.9. The molecule has 2 aliphatic rings. The fraction of sp³-hybridized carbons (Fsp3) is 0.286. The van der Waals surface area contributed by atoms with Crippen LogP contribution in [0.5, 0.6) is 0 Å². The third-order valence-corrected chi connectivity index (χ3v) is 7.43. The Balaban J connectivity index is 1.53. The largest absolute Gasteiger partial charge is 0.335 e. The molecular formula is C28H28ClN5O. The molecule has 0 saturated heterocycles. The van der Waals surface area contributed by atoms with Gasteiger partial charge in [0.05, 0.1) is 29.7 Å². The first-order chi connectivity index (χ1) is 17.1. The number of aromatic nitrogens is 3. The molecule has 4 aromatic rings. The van der Waals surface area contributed by atoms with Gasteiger partial charge in [-0.05, 0) is 61.7 Å². The van der Waals surface area contributed by atoms with E-state index < -0.39 is 0 Å². The van der Waals surface area contributed by atoms with Crippen molar-refractivity contribution >= 4 is 17.6 Å². The molecular weight excluding hydrogens is 458 g/mol. The van der Waals surface area contributed by atoms with Gasteiger partial charge in [0, 0.05) is 22.8 Å². The summed E-state index contributed by atoms with van der Waals surface area (Å²) < 4.78 is 4.17. The van der Waals surface area contributed by atoms with Crippen LogP contribution in [0.2, 0.25) is 5.02 Å². The minimum absolute atomic E-state index is 0.0469. The highest BCUT2D eigenvalue weighted by molar-refractivity contribution is 6.30. The standard InChI is InChI=1S/C28H28ClN5O/c1-19-24-18-33(28(35)30-22-11-5-6-12-22)26(20-9-7-10-21(29)17-20)25-15-8-16-32(25)27(24)34(31-19)23-13-3-2-4-14-23/h2-4,7-10,13-17,22,26H,5-6,11-12,18H2,1H3,(H,30,35)/t26-/m1/s1. The molecule has 0 unspecified atom stereocenters. The van der Waals surface area contributed by atoms with E-state index in [4.69, 9.17) is 16.7 Å². The van der Waals surface area contributed by atoms with E-state index in [1.165, 1.54) is 12.8 Å². The van der Waals surface area contributed by atoms with Crippen molar-refractivity contribution in [2.75, 3.05) is 0 Å². The molecule has 1 aliphatic heterocycles. The lowest BCUT2D eigenvalue weighted by atomic mass is 10.0. The van der Waals surface area contributed by atoms with Crippen molar-refractivity contribution in [3.8, 4) is 11.5 Å². The molecule has 2 amide bonds. The van der Waals surface area contributed by atoms with E-state index in [1.807, 2.05) is 59.0 Å². The number of benzene rings is 2. The number of urea groups is 1. The lowest BCUT2D eigenvalue weighted by Gasteiger charge is -2.32. The number of aryl methyl sites for hydroxylation is 1. The zero-order valence-electron chi connectivity index (χ0n) is 19.7. The number of fused-ring (bicyclic) bond motifs is 3. The molecule has 35 heavy (non-hydrogen) atoms. The highest BCUT2D eigenvalue weighted by Gasteiger charge is 2.36. The summed E-state index contributed by atoms with van der Waals surface area (Å²) in [4.78, 5) is 15.8. The number of carbonyl (C=O) groups is 1. The number of hydrogen-bond donors (Lipinski definition) is 1. The molecule has 0 radical (unpaired) electrons. The lowest BCUT2D eigenvalue weighted by Crippen LogP contribution is -2.45. The Morgan fingerprint density at radius 3 is 2.60 bits per heavy atom. The molecule has 2 aromatic carbocycles. The third-order valence-electron chi connectivity index (χ3n) is 7.19. The van der Waals surface area contributed by atoms with Gasteiger partial charge in [-0.1, -0.05) is 54.8 Å². The molecule has 2 aromatic heterocycles. The summed E-state index contributed by atoms with van der Waals surface area (Å²) in [5.74, 6) is 0.969. The van der Waals surface area contributed by atoms with Crippen LogP contribution >= 0.6 is 11.6 Å². The minimum atomic E-state index is -0.291. The highest BCUT2D eigenvalue weighted by Crippen LogP contribution is 2.39. The first-order valence-corrected chi connectivity index (χ1v) is 12.6. The Hall–Kier alpha value is -3.51. The van der Waals surface area contributed by atoms with Crippen molar-refractivity contribution in [3.05, 3.63) is 100 Å². The summed E-state index contributed by atoms with van der Waals surface area (Å²) in [6.07, 6.45) is 6.46. The van der Waals surface area contributed by atoms with Gasteiger partial charge < -0.3 is 14.8 Å². The zero-order valence-corrected chi connectivity index (χ0v) is 20.4. The van der Waals surface area contributed by atoms with Crippen LogP contribution in [0.4, 0.5) is 4.79 Å². The smallest absolute Gasteiger partial charge is 0.318 e. The van der Waals surface area contributed by atoms with Crippen molar-refractivity contribution in [1.82, 2.24) is 24.6 Å². The molecule has 0 spiro atoms. The number of nitrogens with one attached hydrogen (secondary N) is 1. The fourth-order valence-corrected chi connectivity index (χ4v) is 5.70. The molecule has 7 heteroatoms. The topological polar surface area (TPSA) is 55.1 Å². The summed E-state index contributed by atoms with van der Waals surface area (Å²) in [5, 5.41) is 8.89. The maximum Gasteiger partial charge on any atom is 0.318 e. The van der Waals surface area contributed by atoms with Crippen LogP contribution in [0.1, 0.15) is 54.2 Å². The van der Waals surface area contributed by atoms with E-state index >= 15 is 0 Å². The van der Waals surface area contributed by atoms with Gasteiger partial charge in [-0.3, -0.25) is 0 Å². The monoisotopic (exact) mass is 485 g/mol. The summed E-state index contributed by atoms with van der Waals surface area (Å²) in [5.41, 5.74) is 4.93. The second-order valence-corrected chi connectivity index (χ2v) is 9.89. The number of para-hydroxylation sites is 1. The van der Waals surface area contributed by atoms with Gasteiger partial charge in [0.1, 0.15) is 5.82 Å². The Morgan fingerprint density at radius 2 is 1.83 bits per heavy atom. The highest BCUT2D eigenvalue weighted by atomic mass is 35.5. The van der Waals surface area contributed by atoms with Crippen LogP contribution in [-0.4, -0.2) is 31.3 Å². The predicted octanol–water partition coefficient (Wildman–Crippen LogP) is 6.18. The molecule has 3 heterocycles. The van der Waals surface area contributed by atoms with Gasteiger partial charge in [-0.25, -0.2) is 9.48 Å². The Bertz CT molecular complexity index is 1370. The second kappa shape index (κ2) is 8.93. The fourth-order valence-electron chi connectivity index (χ4n) is 5.50. The lowest BCUT2D eigenvalue weighted by molar-refractivity contribution is 0.176. The number of hydrogen-bond acceptors (Lipinski definition) is 2. The maximum atomic E-state index is 13.9. The molecule has 1 saturated carbocycles. The van der Waals surface area contributed by atoms with Crippen molar-refractivity contribution in [3.63, 3.8) is 0 Å². The number of amides is 2. The number of halogens is 1. The minimum Gasteiger partial charge on any atom is -0.335 e. The summed E-state index contributed by atoms with van der Waals surface area (Å²) in [7, 11) is 0. The number of rotatable bonds is 3. The SMILES string of the molecule is Cc1nn(-c2ccccc2)c2c1CN(C(=O)NC1CCCC1)[C@H](c1cccc(Cl)c1)c1cccn1-2. The molecule has 1 atom stereocenters. The first-order valence-electron chi connectivity index (χ1n) is 12.2. The van der Waals surface area contributed by atoms with E-state index in [0.717, 1.165) is 46.9 Å². The average molecular weight is 486 g/mol. The van der Waals surface area contributed by atoms with Crippen LogP contribution < -0.4 is 5.32 Å². The van der Waals surface area contributed by atoms with Gasteiger partial charge in [0.15, 0.2) is 0 Å². The van der Waals surface area contributed by atoms with Gasteiger partial charge >= 0.3 is 6.03 Å². The van der Waals surface area contributed by atoms with Gasteiger partial charge in [-0.2, -0.15) is 5.10 Å². The molecule has 178 valence electrons. The predicted molar refractivity (Wildman–Crippen MR) is 137 cm³/mol. The second-order valence-electron chi connectivity index (χ2n) is 9.45. The van der Waals surface area contributed by atoms with E-state index in [-0.39, 0.29) is 18.1 Å². The van der Waals surface area contributed by atoms with Crippen molar-refractivity contribution in [1.29, 1.82) is 0 Å². The Kier molecular flexibility index (Phi) is 5.61. The van der Waals surface area contributed by atoms with Crippen LogP contribution in [0, 0.1) is 6.92 Å². The summed E-state index contributed by atoms with van der Waals surface area (Å²) >= 11 is 6.43. The van der Waals surface area contributed by atoms with Gasteiger partial charge in [0.25, 0.3) is 0 Å². The normalized spacial score (nSPS) is 17.7. The summed E-state index contributed by atoms with van der Waals surface area (Å²) in [6, 6.07) is 22.0. The van der Waals surface area contributed by atoms with E-state index in [1.54, 1.807) is 0 Å². The van der Waals surface area contributed by atoms with Crippen molar-refractivity contribution in [2.45, 2.75) is 51.2 Å². The molecule has 0 bridgehead atoms. The molecule has 1 N–H and O–H groups in total. The van der Waals surface area contributed by atoms with Crippen LogP contribution in [0.15, 0.2) is 72.9 Å². The first kappa shape index (κ1) is 22.0. The molecule has 6 nitrogen and oxygen atoms in total. The summed E-state index contributed by atoms with van der Waals surface area (Å²) in [6.45, 7) is 2.47. The third kappa shape index (κ3) is 3.92. The molecule has 1 aliphatic carbocycles. The molecule has 1 fully saturated rings. The van der Waals surface area contributed by atoms with Crippen LogP contribution in [0.25, 0.3) is 11.5 Å². The Morgan fingerprint density at radius 1 is 1.03 bits per heavy atom. The van der Waals surface area contributed by atoms with Gasteiger partial charge in [0.2, 0.25) is 0 Å². The quantitative estimate of drug-likeness (QED) is 0.376. The number of carbonyl (C=O) groups excluding carboxylic acids is 1. The van der Waals surface area contributed by atoms with E-state index in [2.05, 4.69) is 40.3 Å². The van der Waals surface area contributed by atoms with E-state index in [0.29, 0.717) is 11.6 Å². The van der Waals surface area contributed by atoms with Gasteiger partial charge in [-0.15, -0.1) is 0 Å². The van der Waals surface area contributed by atoms with Crippen molar-refractivity contribution < 1.29 is 4.79 Å². The zero-order chi connectivity index (χ0) is 23.9. The number of nitrogens with zero attached hydrogens (tertiary/aromatic N) is 4. The van der Waals surface area contributed by atoms with E-state index in [9.17, 15) is 4.79 Å². The molecule has 6 rings (SSSR count). The van der Waals surface area contributed by atoms with Crippen LogP contribution in [0.3, 0.4) is 0 Å². The van der Waals surface area contributed by atoms with Crippen LogP contribution in [-0.2, 0) is 6.54 Å².